The number of benzene rings is 3. The molecule has 1 heterocycles. The van der Waals surface area contributed by atoms with Crippen LogP contribution in [0.1, 0.15) is 78.5 Å². The van der Waals surface area contributed by atoms with Crippen LogP contribution in [0.5, 0.6) is 23.0 Å². The summed E-state index contributed by atoms with van der Waals surface area (Å²) in [5, 5.41) is 37.1. The van der Waals surface area contributed by atoms with Gasteiger partial charge >= 0.3 is 0 Å². The molecular formula is C35H46N8O8. The van der Waals surface area contributed by atoms with E-state index in [1.54, 1.807) is 48.5 Å². The first-order valence-corrected chi connectivity index (χ1v) is 16.6. The third-order valence-corrected chi connectivity index (χ3v) is 7.16. The number of anilines is 1. The molecule has 0 aliphatic rings. The fourth-order valence-electron chi connectivity index (χ4n) is 4.52. The lowest BCUT2D eigenvalue weighted by Crippen LogP contribution is -2.39. The Labute approximate surface area is 295 Å². The second kappa shape index (κ2) is 23.6. The maximum atomic E-state index is 11.9. The average molecular weight is 707 g/mol. The predicted octanol–water partition coefficient (Wildman–Crippen LogP) is 4.24. The van der Waals surface area contributed by atoms with Crippen LogP contribution in [0.2, 0.25) is 0 Å². The molecule has 51 heavy (non-hydrogen) atoms. The number of aromatic amines is 1. The van der Waals surface area contributed by atoms with E-state index >= 15 is 0 Å². The number of hydrazine groups is 2. The van der Waals surface area contributed by atoms with Crippen LogP contribution in [0.4, 0.5) is 5.95 Å². The molecule has 3 aromatic carbocycles. The van der Waals surface area contributed by atoms with Gasteiger partial charge in [-0.3, -0.25) is 30.6 Å². The molecule has 274 valence electrons. The molecule has 1 aromatic heterocycles. The Morgan fingerprint density at radius 2 is 1.22 bits per heavy atom. The number of amides is 3. The smallest absolute Gasteiger partial charge is 0.269 e. The number of aromatic hydroxyl groups is 3. The fourth-order valence-corrected chi connectivity index (χ4v) is 4.52. The summed E-state index contributed by atoms with van der Waals surface area (Å²) in [6, 6.07) is 19.2. The van der Waals surface area contributed by atoms with Crippen molar-refractivity contribution in [1.82, 2.24) is 36.9 Å². The molecule has 16 heteroatoms. The highest BCUT2D eigenvalue weighted by molar-refractivity contribution is 6.05. The van der Waals surface area contributed by atoms with Crippen LogP contribution in [-0.4, -0.2) is 68.3 Å². The number of aromatic nitrogens is 3. The lowest BCUT2D eigenvalue weighted by molar-refractivity contribution is -0.122. The molecule has 0 saturated heterocycles. The fraction of sp³-hybridized carbons (Fsp3) is 0.343. The van der Waals surface area contributed by atoms with E-state index in [1.165, 1.54) is 30.6 Å². The largest absolute Gasteiger partial charge is 0.507 e. The summed E-state index contributed by atoms with van der Waals surface area (Å²) in [7, 11) is 0. The zero-order chi connectivity index (χ0) is 36.5. The molecule has 9 N–H and O–H groups in total. The van der Waals surface area contributed by atoms with Crippen molar-refractivity contribution in [3.05, 3.63) is 90.3 Å². The van der Waals surface area contributed by atoms with Crippen LogP contribution < -0.4 is 31.8 Å². The van der Waals surface area contributed by atoms with Crippen molar-refractivity contribution in [2.45, 2.75) is 57.8 Å². The zero-order valence-electron chi connectivity index (χ0n) is 28.3. The van der Waals surface area contributed by atoms with Gasteiger partial charge in [-0.2, -0.15) is 15.5 Å². The summed E-state index contributed by atoms with van der Waals surface area (Å²) in [6.07, 6.45) is 10.2. The van der Waals surface area contributed by atoms with Crippen molar-refractivity contribution in [2.75, 3.05) is 25.4 Å². The zero-order valence-corrected chi connectivity index (χ0v) is 28.3. The van der Waals surface area contributed by atoms with Crippen LogP contribution in [0.15, 0.2) is 79.1 Å². The number of carbonyl (C=O) groups excluding carboxylic acids is 3. The number of phenols is 3. The van der Waals surface area contributed by atoms with Crippen molar-refractivity contribution in [3.63, 3.8) is 0 Å². The first-order chi connectivity index (χ1) is 24.8. The van der Waals surface area contributed by atoms with Crippen LogP contribution in [0.25, 0.3) is 0 Å². The summed E-state index contributed by atoms with van der Waals surface area (Å²) in [5.74, 6) is -0.420. The number of H-pyrrole nitrogens is 1. The van der Waals surface area contributed by atoms with Crippen LogP contribution in [0, 0.1) is 0 Å². The van der Waals surface area contributed by atoms with Gasteiger partial charge in [0.1, 0.15) is 24.6 Å². The molecular weight excluding hydrogens is 660 g/mol. The number of rotatable bonds is 21. The van der Waals surface area contributed by atoms with Gasteiger partial charge in [0.2, 0.25) is 11.9 Å². The van der Waals surface area contributed by atoms with Gasteiger partial charge < -0.3 is 24.8 Å². The molecule has 16 nitrogen and oxygen atoms in total. The number of ether oxygens (including phenoxy) is 2. The molecule has 0 radical (unpaired) electrons. The average Bonchev–Trinajstić information content (AvgIpc) is 3.64. The van der Waals surface area contributed by atoms with E-state index in [1.807, 2.05) is 0 Å². The van der Waals surface area contributed by atoms with Gasteiger partial charge in [-0.05, 0) is 49.2 Å². The molecule has 0 unspecified atom stereocenters. The number of nitrogens with one attached hydrogen (secondary N) is 6. The van der Waals surface area contributed by atoms with Gasteiger partial charge in [-0.1, -0.05) is 74.9 Å². The highest BCUT2D eigenvalue weighted by Crippen LogP contribution is 2.23. The van der Waals surface area contributed by atoms with Gasteiger partial charge in [0.25, 0.3) is 11.8 Å². The van der Waals surface area contributed by atoms with Crippen molar-refractivity contribution < 1.29 is 39.2 Å². The molecule has 0 atom stereocenters. The Morgan fingerprint density at radius 3 is 1.84 bits per heavy atom. The quantitative estimate of drug-likeness (QED) is 0.0337. The standard InChI is InChI=1S/C26H38N4O6.C9H8N4O2/c31-22-14-9-8-13-21(22)26(34)30-27-19-35-18-12-6-4-2-1-3-5-7-17-25(33)29-28-20-36-24-16-11-10-15-23(24)32;14-7-4-2-1-3-6(7)8(15)12-9-10-5-11-13-9/h8-11,13-16,27-28,31-32H,1-7,12,17-20H2,(H,29,33)(H,30,34);1-5,14H,(H2,10,11,12,13,15). The highest BCUT2D eigenvalue weighted by Gasteiger charge is 2.11. The Morgan fingerprint density at radius 1 is 0.647 bits per heavy atom. The van der Waals surface area contributed by atoms with E-state index < -0.39 is 11.8 Å². The molecule has 0 aliphatic heterocycles. The molecule has 0 fully saturated rings. The Bertz CT molecular complexity index is 1610. The Balaban J connectivity index is 0.000000386. The number of nitrogens with zero attached hydrogens (tertiary/aromatic N) is 2. The monoisotopic (exact) mass is 706 g/mol. The van der Waals surface area contributed by atoms with Gasteiger partial charge in [-0.15, -0.1) is 0 Å². The van der Waals surface area contributed by atoms with E-state index in [4.69, 9.17) is 9.47 Å². The minimum atomic E-state index is -0.440. The Kier molecular flexibility index (Phi) is 18.4. The summed E-state index contributed by atoms with van der Waals surface area (Å²) >= 11 is 0. The Hall–Kier alpha value is -5.71. The van der Waals surface area contributed by atoms with E-state index in [-0.39, 0.29) is 53.7 Å². The highest BCUT2D eigenvalue weighted by atomic mass is 16.5. The molecule has 0 spiro atoms. The number of unbranched alkanes of at least 4 members (excludes halogenated alkanes) is 7. The lowest BCUT2D eigenvalue weighted by atomic mass is 10.1. The van der Waals surface area contributed by atoms with E-state index in [2.05, 4.69) is 42.2 Å². The SMILES string of the molecule is O=C(CCCCCCCCCCOCNNC(=O)c1ccccc1O)NNCOc1ccccc1O.O=C(Nc1ncn[nH]1)c1ccccc1O. The number of phenolic OH excluding ortho intramolecular Hbond substituents is 3. The third kappa shape index (κ3) is 16.0. The minimum Gasteiger partial charge on any atom is -0.507 e. The van der Waals surface area contributed by atoms with Gasteiger partial charge in [0.05, 0.1) is 11.1 Å². The second-order valence-corrected chi connectivity index (χ2v) is 11.1. The maximum absolute atomic E-state index is 11.9. The number of para-hydroxylation sites is 4. The van der Waals surface area contributed by atoms with E-state index in [0.717, 1.165) is 51.4 Å². The summed E-state index contributed by atoms with van der Waals surface area (Å²) in [6.45, 7) is 0.882. The van der Waals surface area contributed by atoms with Crippen LogP contribution >= 0.6 is 0 Å². The molecule has 4 aromatic rings. The van der Waals surface area contributed by atoms with E-state index in [9.17, 15) is 29.7 Å². The molecule has 3 amide bonds. The summed E-state index contributed by atoms with van der Waals surface area (Å²) in [5.41, 5.74) is 10.9. The molecule has 0 bridgehead atoms. The molecule has 0 aliphatic carbocycles. The van der Waals surface area contributed by atoms with Gasteiger partial charge in [0, 0.05) is 13.0 Å². The first-order valence-electron chi connectivity index (χ1n) is 16.6. The number of hydrogen-bond donors (Lipinski definition) is 9. The maximum Gasteiger partial charge on any atom is 0.269 e. The van der Waals surface area contributed by atoms with Crippen molar-refractivity contribution in [3.8, 4) is 23.0 Å². The van der Waals surface area contributed by atoms with Crippen molar-refractivity contribution in [1.29, 1.82) is 0 Å². The summed E-state index contributed by atoms with van der Waals surface area (Å²) in [4.78, 5) is 39.0. The molecule has 4 rings (SSSR count). The molecule has 0 saturated carbocycles. The predicted molar refractivity (Wildman–Crippen MR) is 188 cm³/mol. The summed E-state index contributed by atoms with van der Waals surface area (Å²) < 4.78 is 10.8. The number of hydrogen-bond acceptors (Lipinski definition) is 12. The first kappa shape index (κ1) is 39.7. The van der Waals surface area contributed by atoms with Crippen LogP contribution in [-0.2, 0) is 9.53 Å². The van der Waals surface area contributed by atoms with Crippen molar-refractivity contribution in [2.24, 2.45) is 0 Å². The van der Waals surface area contributed by atoms with E-state index in [0.29, 0.717) is 18.8 Å². The van der Waals surface area contributed by atoms with Crippen LogP contribution in [0.3, 0.4) is 0 Å². The topological polar surface area (TPSA) is 232 Å². The lowest BCUT2D eigenvalue weighted by Gasteiger charge is -2.10. The van der Waals surface area contributed by atoms with Gasteiger partial charge in [-0.25, -0.2) is 10.5 Å². The second-order valence-electron chi connectivity index (χ2n) is 11.1. The third-order valence-electron chi connectivity index (χ3n) is 7.16. The number of carbonyl (C=O) groups is 3. The van der Waals surface area contributed by atoms with Gasteiger partial charge in [0.15, 0.2) is 18.2 Å². The van der Waals surface area contributed by atoms with Crippen molar-refractivity contribution >= 4 is 23.7 Å². The normalized spacial score (nSPS) is 10.4. The minimum absolute atomic E-state index is 0.0563.